The number of carbonyl (C=O) groups is 2. The lowest BCUT2D eigenvalue weighted by molar-refractivity contribution is -0.452. The maximum atomic E-state index is 15.4. The van der Waals surface area contributed by atoms with Gasteiger partial charge in [-0.3, -0.25) is 4.79 Å². The summed E-state index contributed by atoms with van der Waals surface area (Å²) in [5.74, 6) is -49.8. The highest BCUT2D eigenvalue weighted by Gasteiger charge is 2.93. The molecule has 0 aromatic heterocycles. The maximum absolute atomic E-state index is 15.4. The Kier molecular flexibility index (Phi) is 17.5. The quantitative estimate of drug-likeness (QED) is 0.0363. The summed E-state index contributed by atoms with van der Waals surface area (Å²) in [5.41, 5.74) is -1.08. The van der Waals surface area contributed by atoms with Crippen molar-refractivity contribution in [3.8, 4) is 5.75 Å². The summed E-state index contributed by atoms with van der Waals surface area (Å²) in [6.07, 6.45) is -11.9. The number of hydrogen-bond acceptors (Lipinski definition) is 6. The summed E-state index contributed by atoms with van der Waals surface area (Å²) in [6, 6.07) is 12.7. The highest BCUT2D eigenvalue weighted by Crippen LogP contribution is 2.63. The van der Waals surface area contributed by atoms with Crippen LogP contribution in [0.4, 0.5) is 65.9 Å². The van der Waals surface area contributed by atoms with E-state index in [-0.39, 0.29) is 24.4 Å². The molecule has 0 aliphatic carbocycles. The average Bonchev–Trinajstić information content (AvgIpc) is 3.18. The van der Waals surface area contributed by atoms with E-state index in [4.69, 9.17) is 18.6 Å². The van der Waals surface area contributed by atoms with Crippen molar-refractivity contribution in [2.45, 2.75) is 133 Å². The number of esters is 1. The van der Waals surface area contributed by atoms with Gasteiger partial charge in [-0.05, 0) is 66.4 Å². The van der Waals surface area contributed by atoms with Gasteiger partial charge in [0.1, 0.15) is 5.75 Å². The van der Waals surface area contributed by atoms with Crippen LogP contribution in [0.3, 0.4) is 0 Å². The lowest BCUT2D eigenvalue weighted by atomic mass is 9.90. The van der Waals surface area contributed by atoms with Crippen LogP contribution in [0.25, 0.3) is 0 Å². The predicted octanol–water partition coefficient (Wildman–Crippen LogP) is 12.5. The van der Waals surface area contributed by atoms with Crippen LogP contribution in [0, 0.1) is 5.92 Å². The highest BCUT2D eigenvalue weighted by atomic mass is 28.4. The zero-order valence-electron chi connectivity index (χ0n) is 34.6. The number of ether oxygens (including phenoxy) is 3. The molecule has 0 fully saturated rings. The van der Waals surface area contributed by atoms with Gasteiger partial charge >= 0.3 is 47.7 Å². The van der Waals surface area contributed by atoms with Crippen molar-refractivity contribution in [3.05, 3.63) is 77.4 Å². The Bertz CT molecular complexity index is 1810. The molecule has 0 bridgehead atoms. The Morgan fingerprint density at radius 3 is 1.63 bits per heavy atom. The largest absolute Gasteiger partial charge is 0.497 e. The first-order valence-corrected chi connectivity index (χ1v) is 21.1. The van der Waals surface area contributed by atoms with Crippen molar-refractivity contribution in [1.29, 1.82) is 0 Å². The van der Waals surface area contributed by atoms with Crippen molar-refractivity contribution in [2.75, 3.05) is 13.7 Å². The number of carbonyl (C=O) groups excluding carboxylic acids is 2. The lowest BCUT2D eigenvalue weighted by Gasteiger charge is -2.45. The SMILES string of the molecule is COc1ccc(COC/C=C(\C)[C@@H](O[Si](CCC(F)(F)C(F)(F)C(F)(F)C(F)(F)C(F)(F)C(F)(F)C(F)(F)F)(C(C)C)C(C)C)[C@@H](C)C(=O)[C@H](C)OC(=O)c2ccccc2)cc1. The van der Waals surface area contributed by atoms with Gasteiger partial charge in [0.25, 0.3) is 0 Å². The van der Waals surface area contributed by atoms with Crippen LogP contribution in [-0.2, 0) is 25.3 Å². The predicted molar refractivity (Wildman–Crippen MR) is 198 cm³/mol. The van der Waals surface area contributed by atoms with Gasteiger partial charge in [0.15, 0.2) is 20.2 Å². The third-order valence-electron chi connectivity index (χ3n) is 10.5. The summed E-state index contributed by atoms with van der Waals surface area (Å²) < 4.78 is 233. The van der Waals surface area contributed by atoms with Crippen LogP contribution < -0.4 is 4.74 Å². The Labute approximate surface area is 349 Å². The monoisotopic (exact) mass is 936 g/mol. The molecule has 62 heavy (non-hydrogen) atoms. The fourth-order valence-corrected chi connectivity index (χ4v) is 11.2. The number of halogens is 15. The van der Waals surface area contributed by atoms with Gasteiger partial charge in [0, 0.05) is 12.3 Å². The Morgan fingerprint density at radius 2 is 1.16 bits per heavy atom. The number of methoxy groups -OCH3 is 1. The molecule has 2 aromatic rings. The topological polar surface area (TPSA) is 71.1 Å². The minimum Gasteiger partial charge on any atom is -0.497 e. The van der Waals surface area contributed by atoms with Crippen LogP contribution in [-0.4, -0.2) is 87.7 Å². The Hall–Kier alpha value is -3.79. The first-order valence-electron chi connectivity index (χ1n) is 18.8. The van der Waals surface area contributed by atoms with Crippen molar-refractivity contribution >= 4 is 20.1 Å². The molecule has 352 valence electrons. The van der Waals surface area contributed by atoms with Gasteiger partial charge < -0.3 is 18.6 Å². The van der Waals surface area contributed by atoms with Crippen LogP contribution in [0.2, 0.25) is 17.1 Å². The molecular weight excluding hydrogens is 889 g/mol. The maximum Gasteiger partial charge on any atom is 0.460 e. The molecule has 2 aromatic carbocycles. The molecule has 0 radical (unpaired) electrons. The minimum atomic E-state index is -8.41. The van der Waals surface area contributed by atoms with E-state index in [2.05, 4.69) is 0 Å². The van der Waals surface area contributed by atoms with Crippen molar-refractivity contribution < 1.29 is 94.1 Å². The zero-order valence-corrected chi connectivity index (χ0v) is 35.6. The molecule has 2 rings (SSSR count). The molecule has 0 saturated heterocycles. The second-order valence-corrected chi connectivity index (χ2v) is 20.2. The summed E-state index contributed by atoms with van der Waals surface area (Å²) in [4.78, 5) is 26.6. The van der Waals surface area contributed by atoms with E-state index < -0.39 is 103 Å². The molecule has 0 unspecified atom stereocenters. The smallest absolute Gasteiger partial charge is 0.460 e. The summed E-state index contributed by atoms with van der Waals surface area (Å²) >= 11 is 0. The summed E-state index contributed by atoms with van der Waals surface area (Å²) in [6.45, 7) is 9.03. The van der Waals surface area contributed by atoms with Crippen LogP contribution in [0.15, 0.2) is 66.2 Å². The van der Waals surface area contributed by atoms with Gasteiger partial charge in [-0.1, -0.05) is 71.0 Å². The van der Waals surface area contributed by atoms with Gasteiger partial charge in [-0.25, -0.2) is 4.79 Å². The zero-order chi connectivity index (χ0) is 48.1. The molecule has 0 aliphatic heterocycles. The summed E-state index contributed by atoms with van der Waals surface area (Å²) in [5, 5.41) is 0. The van der Waals surface area contributed by atoms with Gasteiger partial charge in [0.2, 0.25) is 0 Å². The fraction of sp³-hybridized carbons (Fsp3) is 0.600. The third kappa shape index (κ3) is 10.9. The first-order chi connectivity index (χ1) is 28.1. The first kappa shape index (κ1) is 54.3. The normalized spacial score (nSPS) is 15.7. The Morgan fingerprint density at radius 1 is 0.677 bits per heavy atom. The second-order valence-electron chi connectivity index (χ2n) is 15.3. The van der Waals surface area contributed by atoms with Crippen molar-refractivity contribution in [2.24, 2.45) is 5.92 Å². The average molecular weight is 937 g/mol. The molecule has 6 nitrogen and oxygen atoms in total. The van der Waals surface area contributed by atoms with Crippen molar-refractivity contribution in [3.63, 3.8) is 0 Å². The fourth-order valence-electron chi connectivity index (χ4n) is 6.49. The number of ketones is 1. The summed E-state index contributed by atoms with van der Waals surface area (Å²) in [7, 11) is -2.86. The molecule has 22 heteroatoms. The molecular formula is C40H47F15O6Si. The van der Waals surface area contributed by atoms with E-state index in [1.807, 2.05) is 0 Å². The van der Waals surface area contributed by atoms with E-state index in [1.165, 1.54) is 85.9 Å². The van der Waals surface area contributed by atoms with Crippen molar-refractivity contribution in [1.82, 2.24) is 0 Å². The van der Waals surface area contributed by atoms with Crippen LogP contribution in [0.5, 0.6) is 5.75 Å². The van der Waals surface area contributed by atoms with Gasteiger partial charge in [0.05, 0.1) is 32.0 Å². The second kappa shape index (κ2) is 19.9. The molecule has 0 aliphatic rings. The molecule has 3 atom stereocenters. The van der Waals surface area contributed by atoms with Crippen LogP contribution >= 0.6 is 0 Å². The van der Waals surface area contributed by atoms with Crippen LogP contribution in [0.1, 0.15) is 70.8 Å². The molecule has 0 N–H and O–H groups in total. The number of alkyl halides is 15. The lowest BCUT2D eigenvalue weighted by Crippen LogP contribution is -2.72. The minimum absolute atomic E-state index is 0.0314. The number of rotatable bonds is 23. The number of hydrogen-bond donors (Lipinski definition) is 0. The van der Waals surface area contributed by atoms with Gasteiger partial charge in [-0.15, -0.1) is 0 Å². The highest BCUT2D eigenvalue weighted by molar-refractivity contribution is 6.76. The molecule has 0 amide bonds. The number of Topliss-reactive ketones (excluding diaryl/α,β-unsaturated/α-hetero) is 1. The molecule has 0 saturated carbocycles. The standard InChI is InChI=1S/C40H47F15O6Si/c1-23(2)62(24(3)4,21-19-34(41,42)35(43,44)36(45,46)37(47,48)38(49,50)39(51,52)40(53,54)55)61-32(25(5)18-20-59-22-28-14-16-30(58-8)17-15-28)26(6)31(56)27(7)60-33(57)29-12-10-9-11-13-29/h9-18,23-24,26-27,32H,19-22H2,1-8H3/b25-18+/t26-,27-,32+/m0/s1. The molecule has 0 heterocycles. The van der Waals surface area contributed by atoms with E-state index in [0.29, 0.717) is 11.3 Å². The Balaban J connectivity index is 2.60. The van der Waals surface area contributed by atoms with Gasteiger partial charge in [-0.2, -0.15) is 65.9 Å². The van der Waals surface area contributed by atoms with E-state index in [1.54, 1.807) is 30.3 Å². The van der Waals surface area contributed by atoms with E-state index in [9.17, 15) is 66.7 Å². The van der Waals surface area contributed by atoms with E-state index in [0.717, 1.165) is 0 Å². The number of benzene rings is 2. The molecule has 0 spiro atoms. The third-order valence-corrected chi connectivity index (χ3v) is 16.2. The van der Waals surface area contributed by atoms with E-state index >= 15 is 8.78 Å².